The molecule has 116 valence electrons. The van der Waals surface area contributed by atoms with Crippen molar-refractivity contribution in [1.82, 2.24) is 4.72 Å². The van der Waals surface area contributed by atoms with Gasteiger partial charge in [-0.25, -0.2) is 8.42 Å². The monoisotopic (exact) mass is 317 g/mol. The van der Waals surface area contributed by atoms with Gasteiger partial charge in [-0.15, -0.1) is 0 Å². The summed E-state index contributed by atoms with van der Waals surface area (Å²) in [6, 6.07) is 3.93. The minimum Gasteiger partial charge on any atom is -0.497 e. The SMILES string of the molecule is COC(=O)CNS(=O)(=O)c1ccc(OC)cc1CC(=O)O. The number of carbonyl (C=O) groups excluding carboxylic acids is 1. The van der Waals surface area contributed by atoms with Crippen LogP contribution < -0.4 is 9.46 Å². The molecule has 0 aliphatic heterocycles. The molecule has 0 unspecified atom stereocenters. The summed E-state index contributed by atoms with van der Waals surface area (Å²) < 4.78 is 35.5. The third-order valence-corrected chi connectivity index (χ3v) is 4.03. The van der Waals surface area contributed by atoms with Crippen LogP contribution in [0.4, 0.5) is 0 Å². The molecule has 1 aromatic rings. The van der Waals surface area contributed by atoms with Crippen molar-refractivity contribution >= 4 is 22.0 Å². The molecule has 0 saturated carbocycles. The van der Waals surface area contributed by atoms with Crippen molar-refractivity contribution in [2.45, 2.75) is 11.3 Å². The fraction of sp³-hybridized carbons (Fsp3) is 0.333. The molecule has 0 amide bonds. The van der Waals surface area contributed by atoms with E-state index in [0.717, 1.165) is 7.11 Å². The van der Waals surface area contributed by atoms with Gasteiger partial charge in [0.15, 0.2) is 0 Å². The molecule has 1 aromatic carbocycles. The van der Waals surface area contributed by atoms with E-state index in [4.69, 9.17) is 9.84 Å². The summed E-state index contributed by atoms with van der Waals surface area (Å²) in [4.78, 5) is 21.6. The van der Waals surface area contributed by atoms with Gasteiger partial charge in [-0.2, -0.15) is 4.72 Å². The highest BCUT2D eigenvalue weighted by atomic mass is 32.2. The highest BCUT2D eigenvalue weighted by molar-refractivity contribution is 7.89. The molecule has 21 heavy (non-hydrogen) atoms. The van der Waals surface area contributed by atoms with Gasteiger partial charge in [-0.3, -0.25) is 9.59 Å². The zero-order valence-electron chi connectivity index (χ0n) is 11.5. The second-order valence-corrected chi connectivity index (χ2v) is 5.68. The van der Waals surface area contributed by atoms with E-state index in [2.05, 4.69) is 4.74 Å². The topological polar surface area (TPSA) is 119 Å². The normalized spacial score (nSPS) is 11.0. The van der Waals surface area contributed by atoms with Crippen molar-refractivity contribution in [2.24, 2.45) is 0 Å². The van der Waals surface area contributed by atoms with E-state index in [1.165, 1.54) is 25.3 Å². The van der Waals surface area contributed by atoms with E-state index in [1.54, 1.807) is 0 Å². The van der Waals surface area contributed by atoms with Gasteiger partial charge in [0.05, 0.1) is 25.5 Å². The Hall–Kier alpha value is -2.13. The first kappa shape index (κ1) is 16.9. The summed E-state index contributed by atoms with van der Waals surface area (Å²) >= 11 is 0. The lowest BCUT2D eigenvalue weighted by Crippen LogP contribution is -2.31. The average Bonchev–Trinajstić information content (AvgIpc) is 2.43. The van der Waals surface area contributed by atoms with Gasteiger partial charge in [0.2, 0.25) is 10.0 Å². The number of carbonyl (C=O) groups is 2. The summed E-state index contributed by atoms with van der Waals surface area (Å²) in [7, 11) is -1.53. The quantitative estimate of drug-likeness (QED) is 0.667. The van der Waals surface area contributed by atoms with Gasteiger partial charge in [0.25, 0.3) is 0 Å². The lowest BCUT2D eigenvalue weighted by atomic mass is 10.1. The summed E-state index contributed by atoms with van der Waals surface area (Å²) in [5, 5.41) is 8.85. The number of nitrogens with one attached hydrogen (secondary N) is 1. The van der Waals surface area contributed by atoms with Crippen LogP contribution in [-0.4, -0.2) is 46.2 Å². The minimum atomic E-state index is -4.04. The van der Waals surface area contributed by atoms with Gasteiger partial charge < -0.3 is 14.6 Å². The van der Waals surface area contributed by atoms with Crippen LogP contribution in [0.15, 0.2) is 23.1 Å². The number of hydrogen-bond acceptors (Lipinski definition) is 6. The summed E-state index contributed by atoms with van der Waals surface area (Å²) in [6.45, 7) is -0.544. The molecule has 9 heteroatoms. The van der Waals surface area contributed by atoms with Gasteiger partial charge >= 0.3 is 11.9 Å². The molecule has 0 aliphatic rings. The van der Waals surface area contributed by atoms with E-state index in [9.17, 15) is 18.0 Å². The van der Waals surface area contributed by atoms with Gasteiger partial charge in [-0.1, -0.05) is 0 Å². The van der Waals surface area contributed by atoms with Crippen molar-refractivity contribution < 1.29 is 32.6 Å². The van der Waals surface area contributed by atoms with Crippen molar-refractivity contribution in [2.75, 3.05) is 20.8 Å². The number of esters is 1. The molecular weight excluding hydrogens is 302 g/mol. The molecule has 2 N–H and O–H groups in total. The largest absolute Gasteiger partial charge is 0.497 e. The van der Waals surface area contributed by atoms with Gasteiger partial charge in [-0.05, 0) is 23.8 Å². The zero-order chi connectivity index (χ0) is 16.0. The molecule has 8 nitrogen and oxygen atoms in total. The predicted octanol–water partition coefficient (Wildman–Crippen LogP) is -0.226. The number of sulfonamides is 1. The molecule has 0 fully saturated rings. The Bertz CT molecular complexity index is 639. The number of benzene rings is 1. The van der Waals surface area contributed by atoms with E-state index in [-0.39, 0.29) is 10.5 Å². The lowest BCUT2D eigenvalue weighted by Gasteiger charge is -2.11. The first-order valence-electron chi connectivity index (χ1n) is 5.75. The number of carboxylic acid groups (broad SMARTS) is 1. The molecule has 1 rings (SSSR count). The summed E-state index contributed by atoms with van der Waals surface area (Å²) in [6.07, 6.45) is -0.494. The number of hydrogen-bond donors (Lipinski definition) is 2. The Morgan fingerprint density at radius 1 is 1.29 bits per heavy atom. The lowest BCUT2D eigenvalue weighted by molar-refractivity contribution is -0.139. The maximum absolute atomic E-state index is 12.1. The Labute approximate surface area is 121 Å². The maximum Gasteiger partial charge on any atom is 0.320 e. The van der Waals surface area contributed by atoms with Crippen molar-refractivity contribution in [3.8, 4) is 5.75 Å². The van der Waals surface area contributed by atoms with Crippen molar-refractivity contribution in [1.29, 1.82) is 0 Å². The van der Waals surface area contributed by atoms with E-state index >= 15 is 0 Å². The number of ether oxygens (including phenoxy) is 2. The maximum atomic E-state index is 12.1. The van der Waals surface area contributed by atoms with Gasteiger partial charge in [0.1, 0.15) is 12.3 Å². The number of carboxylic acids is 1. The first-order chi connectivity index (χ1) is 9.80. The molecule has 0 aliphatic carbocycles. The second kappa shape index (κ2) is 7.04. The Morgan fingerprint density at radius 2 is 1.95 bits per heavy atom. The van der Waals surface area contributed by atoms with Crippen LogP contribution in [-0.2, 0) is 30.8 Å². The Balaban J connectivity index is 3.14. The van der Waals surface area contributed by atoms with Gasteiger partial charge in [0, 0.05) is 0 Å². The van der Waals surface area contributed by atoms with Crippen LogP contribution in [0, 0.1) is 0 Å². The van der Waals surface area contributed by atoms with Crippen LogP contribution in [0.1, 0.15) is 5.56 Å². The Morgan fingerprint density at radius 3 is 2.48 bits per heavy atom. The Kier molecular flexibility index (Phi) is 5.68. The highest BCUT2D eigenvalue weighted by Crippen LogP contribution is 2.22. The van der Waals surface area contributed by atoms with E-state index < -0.39 is 34.9 Å². The van der Waals surface area contributed by atoms with E-state index in [1.807, 2.05) is 4.72 Å². The van der Waals surface area contributed by atoms with Crippen molar-refractivity contribution in [3.63, 3.8) is 0 Å². The summed E-state index contributed by atoms with van der Waals surface area (Å²) in [5.74, 6) is -1.61. The zero-order valence-corrected chi connectivity index (χ0v) is 12.3. The fourth-order valence-corrected chi connectivity index (χ4v) is 2.74. The molecule has 0 bridgehead atoms. The van der Waals surface area contributed by atoms with Crippen LogP contribution in [0.25, 0.3) is 0 Å². The third-order valence-electron chi connectivity index (χ3n) is 2.53. The molecule has 0 radical (unpaired) electrons. The van der Waals surface area contributed by atoms with Crippen LogP contribution in [0.5, 0.6) is 5.75 Å². The standard InChI is InChI=1S/C12H15NO7S/c1-19-9-3-4-10(8(5-9)6-11(14)15)21(17,18)13-7-12(16)20-2/h3-5,13H,6-7H2,1-2H3,(H,14,15). The first-order valence-corrected chi connectivity index (χ1v) is 7.23. The van der Waals surface area contributed by atoms with Crippen LogP contribution >= 0.6 is 0 Å². The molecular formula is C12H15NO7S. The smallest absolute Gasteiger partial charge is 0.320 e. The van der Waals surface area contributed by atoms with Crippen molar-refractivity contribution in [3.05, 3.63) is 23.8 Å². The predicted molar refractivity (Wildman–Crippen MR) is 71.5 cm³/mol. The highest BCUT2D eigenvalue weighted by Gasteiger charge is 2.21. The molecule has 0 heterocycles. The fourth-order valence-electron chi connectivity index (χ4n) is 1.55. The third kappa shape index (κ3) is 4.72. The average molecular weight is 317 g/mol. The second-order valence-electron chi connectivity index (χ2n) is 3.94. The summed E-state index contributed by atoms with van der Waals surface area (Å²) in [5.41, 5.74) is 0.0548. The van der Waals surface area contributed by atoms with Crippen LogP contribution in [0.2, 0.25) is 0 Å². The van der Waals surface area contributed by atoms with Crippen LogP contribution in [0.3, 0.4) is 0 Å². The minimum absolute atomic E-state index is 0.0548. The molecule has 0 spiro atoms. The number of rotatable bonds is 7. The molecule has 0 atom stereocenters. The molecule has 0 saturated heterocycles. The number of aliphatic carboxylic acids is 1. The van der Waals surface area contributed by atoms with E-state index in [0.29, 0.717) is 5.75 Å². The molecule has 0 aromatic heterocycles. The number of methoxy groups -OCH3 is 2.